The van der Waals surface area contributed by atoms with Crippen molar-refractivity contribution in [3.8, 4) is 0 Å². The SMILES string of the molecule is c1cnc2nsnc2c1. The molecule has 0 radical (unpaired) electrons. The van der Waals surface area contributed by atoms with E-state index in [-0.39, 0.29) is 0 Å². The first-order valence-electron chi connectivity index (χ1n) is 2.50. The predicted molar refractivity (Wildman–Crippen MR) is 35.2 cm³/mol. The molecule has 9 heavy (non-hydrogen) atoms. The zero-order chi connectivity index (χ0) is 6.10. The summed E-state index contributed by atoms with van der Waals surface area (Å²) in [6, 6.07) is 3.75. The monoisotopic (exact) mass is 137 g/mol. The molecule has 0 saturated heterocycles. The van der Waals surface area contributed by atoms with Crippen molar-refractivity contribution in [2.45, 2.75) is 0 Å². The van der Waals surface area contributed by atoms with Gasteiger partial charge < -0.3 is 0 Å². The van der Waals surface area contributed by atoms with Crippen molar-refractivity contribution in [1.29, 1.82) is 0 Å². The fourth-order valence-corrected chi connectivity index (χ4v) is 1.12. The molecule has 0 spiro atoms. The van der Waals surface area contributed by atoms with Gasteiger partial charge in [0.1, 0.15) is 5.52 Å². The topological polar surface area (TPSA) is 38.7 Å². The summed E-state index contributed by atoms with van der Waals surface area (Å²) in [5, 5.41) is 0. The van der Waals surface area contributed by atoms with Crippen LogP contribution >= 0.6 is 11.7 Å². The third-order valence-corrected chi connectivity index (χ3v) is 1.57. The van der Waals surface area contributed by atoms with Gasteiger partial charge >= 0.3 is 0 Å². The van der Waals surface area contributed by atoms with E-state index >= 15 is 0 Å². The minimum Gasteiger partial charge on any atom is -0.234 e. The molecule has 0 aliphatic carbocycles. The second kappa shape index (κ2) is 1.73. The molecule has 2 rings (SSSR count). The minimum absolute atomic E-state index is 0.738. The van der Waals surface area contributed by atoms with Crippen LogP contribution in [0.4, 0.5) is 0 Å². The largest absolute Gasteiger partial charge is 0.234 e. The van der Waals surface area contributed by atoms with Crippen molar-refractivity contribution in [3.63, 3.8) is 0 Å². The van der Waals surface area contributed by atoms with E-state index in [4.69, 9.17) is 0 Å². The smallest absolute Gasteiger partial charge is 0.193 e. The van der Waals surface area contributed by atoms with Gasteiger partial charge in [-0.15, -0.1) is 0 Å². The molecule has 4 heteroatoms. The Morgan fingerprint density at radius 2 is 2.33 bits per heavy atom. The van der Waals surface area contributed by atoms with E-state index in [0.29, 0.717) is 0 Å². The van der Waals surface area contributed by atoms with Gasteiger partial charge in [0.25, 0.3) is 0 Å². The van der Waals surface area contributed by atoms with Crippen molar-refractivity contribution >= 4 is 22.9 Å². The van der Waals surface area contributed by atoms with Crippen LogP contribution in [0.15, 0.2) is 18.3 Å². The van der Waals surface area contributed by atoms with Crippen molar-refractivity contribution in [1.82, 2.24) is 13.7 Å². The first-order valence-corrected chi connectivity index (χ1v) is 3.23. The molecule has 0 atom stereocenters. The Bertz CT molecular complexity index is 286. The zero-order valence-electron chi connectivity index (χ0n) is 4.48. The Kier molecular flexibility index (Phi) is 0.927. The van der Waals surface area contributed by atoms with Crippen LogP contribution in [0.1, 0.15) is 0 Å². The molecule has 2 heterocycles. The van der Waals surface area contributed by atoms with Crippen molar-refractivity contribution < 1.29 is 0 Å². The van der Waals surface area contributed by atoms with E-state index in [1.807, 2.05) is 12.1 Å². The van der Waals surface area contributed by atoms with Gasteiger partial charge in [0, 0.05) is 6.20 Å². The Morgan fingerprint density at radius 1 is 1.33 bits per heavy atom. The number of rotatable bonds is 0. The van der Waals surface area contributed by atoms with Gasteiger partial charge in [0.05, 0.1) is 11.7 Å². The van der Waals surface area contributed by atoms with E-state index in [2.05, 4.69) is 13.7 Å². The van der Waals surface area contributed by atoms with E-state index in [0.717, 1.165) is 11.2 Å². The summed E-state index contributed by atoms with van der Waals surface area (Å²) >= 11 is 1.19. The van der Waals surface area contributed by atoms with Crippen LogP contribution in [0.3, 0.4) is 0 Å². The van der Waals surface area contributed by atoms with Crippen molar-refractivity contribution in [2.75, 3.05) is 0 Å². The van der Waals surface area contributed by atoms with Gasteiger partial charge in [-0.05, 0) is 12.1 Å². The standard InChI is InChI=1S/C5H3N3S/c1-2-4-5(6-3-1)8-9-7-4/h1-3H. The first kappa shape index (κ1) is 4.81. The molecule has 0 fully saturated rings. The summed E-state index contributed by atoms with van der Waals surface area (Å²) in [5.41, 5.74) is 1.62. The lowest BCUT2D eigenvalue weighted by molar-refractivity contribution is 1.36. The minimum atomic E-state index is 0.738. The fraction of sp³-hybridized carbons (Fsp3) is 0. The summed E-state index contributed by atoms with van der Waals surface area (Å²) in [4.78, 5) is 3.98. The van der Waals surface area contributed by atoms with E-state index in [1.54, 1.807) is 6.20 Å². The van der Waals surface area contributed by atoms with Gasteiger partial charge in [0.2, 0.25) is 0 Å². The van der Waals surface area contributed by atoms with Gasteiger partial charge in [-0.3, -0.25) is 0 Å². The second-order valence-corrected chi connectivity index (χ2v) is 2.14. The van der Waals surface area contributed by atoms with Gasteiger partial charge in [-0.25, -0.2) is 4.98 Å². The second-order valence-electron chi connectivity index (χ2n) is 1.61. The highest BCUT2D eigenvalue weighted by molar-refractivity contribution is 7.00. The van der Waals surface area contributed by atoms with Crippen LogP contribution in [-0.4, -0.2) is 13.7 Å². The maximum absolute atomic E-state index is 3.99. The van der Waals surface area contributed by atoms with Crippen LogP contribution in [0, 0.1) is 0 Å². The summed E-state index contributed by atoms with van der Waals surface area (Å²) < 4.78 is 7.92. The van der Waals surface area contributed by atoms with Crippen LogP contribution < -0.4 is 0 Å². The molecule has 0 aliphatic heterocycles. The fourth-order valence-electron chi connectivity index (χ4n) is 0.633. The molecule has 0 N–H and O–H groups in total. The molecule has 3 nitrogen and oxygen atoms in total. The average Bonchev–Trinajstić information content (AvgIpc) is 2.33. The highest BCUT2D eigenvalue weighted by atomic mass is 32.1. The summed E-state index contributed by atoms with van der Waals surface area (Å²) in [7, 11) is 0. The number of fused-ring (bicyclic) bond motifs is 1. The lowest BCUT2D eigenvalue weighted by atomic mass is 10.4. The Balaban J connectivity index is 2.95. The van der Waals surface area contributed by atoms with E-state index < -0.39 is 0 Å². The molecule has 0 aliphatic rings. The lowest BCUT2D eigenvalue weighted by Crippen LogP contribution is -1.71. The number of pyridine rings is 1. The first-order chi connectivity index (χ1) is 4.47. The molecule has 0 bridgehead atoms. The maximum atomic E-state index is 3.99. The molecule has 44 valence electrons. The summed E-state index contributed by atoms with van der Waals surface area (Å²) in [6.45, 7) is 0. The highest BCUT2D eigenvalue weighted by Crippen LogP contribution is 2.04. The summed E-state index contributed by atoms with van der Waals surface area (Å²) in [5.74, 6) is 0. The Hall–Kier alpha value is -1.03. The Morgan fingerprint density at radius 3 is 3.22 bits per heavy atom. The van der Waals surface area contributed by atoms with E-state index in [1.165, 1.54) is 11.7 Å². The van der Waals surface area contributed by atoms with Gasteiger partial charge in [0.15, 0.2) is 5.65 Å². The van der Waals surface area contributed by atoms with Crippen LogP contribution in [-0.2, 0) is 0 Å². The van der Waals surface area contributed by atoms with E-state index in [9.17, 15) is 0 Å². The third-order valence-electron chi connectivity index (χ3n) is 1.03. The molecule has 0 aromatic carbocycles. The van der Waals surface area contributed by atoms with Crippen LogP contribution in [0.25, 0.3) is 11.2 Å². The molecule has 2 aromatic heterocycles. The third kappa shape index (κ3) is 0.675. The lowest BCUT2D eigenvalue weighted by Gasteiger charge is -1.78. The number of hydrogen-bond acceptors (Lipinski definition) is 4. The molecule has 2 aromatic rings. The maximum Gasteiger partial charge on any atom is 0.193 e. The number of hydrogen-bond donors (Lipinski definition) is 0. The molecular formula is C5H3N3S. The van der Waals surface area contributed by atoms with Gasteiger partial charge in [-0.2, -0.15) is 8.75 Å². The summed E-state index contributed by atoms with van der Waals surface area (Å²) in [6.07, 6.45) is 1.71. The zero-order valence-corrected chi connectivity index (χ0v) is 5.30. The number of aromatic nitrogens is 3. The predicted octanol–water partition coefficient (Wildman–Crippen LogP) is 1.09. The van der Waals surface area contributed by atoms with Crippen LogP contribution in [0.5, 0.6) is 0 Å². The molecule has 0 saturated carbocycles. The van der Waals surface area contributed by atoms with Crippen LogP contribution in [0.2, 0.25) is 0 Å². The molecular weight excluding hydrogens is 134 g/mol. The molecule has 0 amide bonds. The number of nitrogens with zero attached hydrogens (tertiary/aromatic N) is 3. The van der Waals surface area contributed by atoms with Gasteiger partial charge in [-0.1, -0.05) is 0 Å². The van der Waals surface area contributed by atoms with Crippen molar-refractivity contribution in [2.24, 2.45) is 0 Å². The molecule has 0 unspecified atom stereocenters. The highest BCUT2D eigenvalue weighted by Gasteiger charge is 1.93. The quantitative estimate of drug-likeness (QED) is 0.545. The van der Waals surface area contributed by atoms with Crippen molar-refractivity contribution in [3.05, 3.63) is 18.3 Å². The normalized spacial score (nSPS) is 10.2. The average molecular weight is 137 g/mol. The Labute approximate surface area is 55.7 Å².